The molecule has 3 aromatic rings. The zero-order chi connectivity index (χ0) is 21.3. The Morgan fingerprint density at radius 1 is 1.13 bits per heavy atom. The first-order chi connectivity index (χ1) is 14.5. The van der Waals surface area contributed by atoms with Crippen molar-refractivity contribution in [2.75, 3.05) is 5.32 Å². The number of nitrogens with zero attached hydrogens (tertiary/aromatic N) is 2. The molecular weight excluding hydrogens is 376 g/mol. The molecule has 0 spiro atoms. The quantitative estimate of drug-likeness (QED) is 0.674. The van der Waals surface area contributed by atoms with E-state index in [4.69, 9.17) is 5.10 Å². The lowest BCUT2D eigenvalue weighted by Crippen LogP contribution is -2.50. The molecule has 0 fully saturated rings. The van der Waals surface area contributed by atoms with Gasteiger partial charge in [-0.25, -0.2) is 4.68 Å². The number of carbonyl (C=O) groups excluding carboxylic acids is 2. The first kappa shape index (κ1) is 19.9. The van der Waals surface area contributed by atoms with Crippen molar-refractivity contribution in [3.8, 4) is 5.69 Å². The molecule has 2 heterocycles. The van der Waals surface area contributed by atoms with Crippen LogP contribution in [0.2, 0.25) is 0 Å². The highest BCUT2D eigenvalue weighted by atomic mass is 16.2. The number of hydrogen-bond acceptors (Lipinski definition) is 3. The van der Waals surface area contributed by atoms with Gasteiger partial charge in [0.05, 0.1) is 11.4 Å². The molecule has 0 unspecified atom stereocenters. The second-order valence-corrected chi connectivity index (χ2v) is 7.80. The molecule has 0 saturated carbocycles. The van der Waals surface area contributed by atoms with E-state index in [0.717, 1.165) is 35.3 Å². The SMILES string of the molecule is CCC[C@H]1c2c(C)nn(-c3ccccc3)c2NC(=O)[C@H]1NC(=O)c1cccc(C)c1. The van der Waals surface area contributed by atoms with Gasteiger partial charge in [-0.15, -0.1) is 0 Å². The van der Waals surface area contributed by atoms with Gasteiger partial charge in [0.2, 0.25) is 5.91 Å². The van der Waals surface area contributed by atoms with Gasteiger partial charge in [-0.05, 0) is 44.5 Å². The van der Waals surface area contributed by atoms with Gasteiger partial charge in [0, 0.05) is 17.0 Å². The monoisotopic (exact) mass is 402 g/mol. The molecule has 1 aliphatic heterocycles. The van der Waals surface area contributed by atoms with Crippen LogP contribution in [-0.2, 0) is 4.79 Å². The Labute approximate surface area is 176 Å². The fourth-order valence-corrected chi connectivity index (χ4v) is 4.20. The second kappa shape index (κ2) is 8.14. The van der Waals surface area contributed by atoms with Gasteiger partial charge in [-0.1, -0.05) is 49.2 Å². The number of aromatic nitrogens is 2. The van der Waals surface area contributed by atoms with Gasteiger partial charge in [0.25, 0.3) is 5.91 Å². The van der Waals surface area contributed by atoms with Crippen molar-refractivity contribution in [1.29, 1.82) is 0 Å². The number of amides is 2. The number of benzene rings is 2. The number of hydrogen-bond donors (Lipinski definition) is 2. The van der Waals surface area contributed by atoms with Crippen molar-refractivity contribution in [2.45, 2.75) is 45.6 Å². The van der Waals surface area contributed by atoms with Gasteiger partial charge < -0.3 is 10.6 Å². The molecule has 2 N–H and O–H groups in total. The predicted octanol–water partition coefficient (Wildman–Crippen LogP) is 4.12. The maximum absolute atomic E-state index is 13.1. The van der Waals surface area contributed by atoms with E-state index in [0.29, 0.717) is 11.4 Å². The highest BCUT2D eigenvalue weighted by Gasteiger charge is 2.40. The molecule has 2 amide bonds. The van der Waals surface area contributed by atoms with Crippen LogP contribution in [0.4, 0.5) is 5.82 Å². The average molecular weight is 402 g/mol. The molecule has 0 bridgehead atoms. The molecule has 0 aliphatic carbocycles. The largest absolute Gasteiger partial charge is 0.340 e. The minimum atomic E-state index is -0.641. The van der Waals surface area contributed by atoms with E-state index in [9.17, 15) is 9.59 Å². The first-order valence-electron chi connectivity index (χ1n) is 10.3. The standard InChI is InChI=1S/C24H26N4O2/c1-4-9-19-20-16(3)27-28(18-12-6-5-7-13-18)22(20)26-24(30)21(19)25-23(29)17-11-8-10-15(2)14-17/h5-8,10-14,19,21H,4,9H2,1-3H3,(H,25,29)(H,26,30)/t19-,21-/m0/s1. The molecule has 2 aromatic carbocycles. The molecule has 0 radical (unpaired) electrons. The highest BCUT2D eigenvalue weighted by molar-refractivity contribution is 6.03. The Morgan fingerprint density at radius 3 is 2.60 bits per heavy atom. The zero-order valence-corrected chi connectivity index (χ0v) is 17.5. The maximum Gasteiger partial charge on any atom is 0.251 e. The van der Waals surface area contributed by atoms with Crippen molar-refractivity contribution >= 4 is 17.6 Å². The van der Waals surface area contributed by atoms with Crippen LogP contribution in [0.5, 0.6) is 0 Å². The van der Waals surface area contributed by atoms with Crippen LogP contribution in [-0.4, -0.2) is 27.6 Å². The lowest BCUT2D eigenvalue weighted by Gasteiger charge is -2.32. The minimum absolute atomic E-state index is 0.134. The lowest BCUT2D eigenvalue weighted by atomic mass is 9.84. The number of fused-ring (bicyclic) bond motifs is 1. The van der Waals surface area contributed by atoms with E-state index in [1.165, 1.54) is 0 Å². The molecule has 4 rings (SSSR count). The number of anilines is 1. The summed E-state index contributed by atoms with van der Waals surface area (Å²) in [4.78, 5) is 26.0. The molecular formula is C24H26N4O2. The topological polar surface area (TPSA) is 76.0 Å². The zero-order valence-electron chi connectivity index (χ0n) is 17.5. The van der Waals surface area contributed by atoms with Crippen LogP contribution < -0.4 is 10.6 Å². The van der Waals surface area contributed by atoms with Crippen molar-refractivity contribution in [2.24, 2.45) is 0 Å². The molecule has 6 heteroatoms. The van der Waals surface area contributed by atoms with E-state index in [2.05, 4.69) is 17.6 Å². The van der Waals surface area contributed by atoms with Crippen molar-refractivity contribution in [1.82, 2.24) is 15.1 Å². The maximum atomic E-state index is 13.1. The summed E-state index contributed by atoms with van der Waals surface area (Å²) in [6, 6.07) is 16.5. The molecule has 2 atom stereocenters. The molecule has 30 heavy (non-hydrogen) atoms. The fraction of sp³-hybridized carbons (Fsp3) is 0.292. The number of nitrogens with one attached hydrogen (secondary N) is 2. The Morgan fingerprint density at radius 2 is 1.90 bits per heavy atom. The van der Waals surface area contributed by atoms with Gasteiger partial charge in [-0.3, -0.25) is 9.59 Å². The van der Waals surface area contributed by atoms with Crippen molar-refractivity contribution in [3.63, 3.8) is 0 Å². The molecule has 1 aromatic heterocycles. The molecule has 6 nitrogen and oxygen atoms in total. The summed E-state index contributed by atoms with van der Waals surface area (Å²) < 4.78 is 1.78. The second-order valence-electron chi connectivity index (χ2n) is 7.80. The summed E-state index contributed by atoms with van der Waals surface area (Å²) in [6.07, 6.45) is 1.67. The summed E-state index contributed by atoms with van der Waals surface area (Å²) in [5.74, 6) is 0.115. The van der Waals surface area contributed by atoms with Crippen LogP contribution in [0, 0.1) is 13.8 Å². The van der Waals surface area contributed by atoms with Crippen LogP contribution in [0.3, 0.4) is 0 Å². The van der Waals surface area contributed by atoms with Crippen LogP contribution >= 0.6 is 0 Å². The summed E-state index contributed by atoms with van der Waals surface area (Å²) in [5.41, 5.74) is 4.31. The first-order valence-corrected chi connectivity index (χ1v) is 10.3. The van der Waals surface area contributed by atoms with Crippen LogP contribution in [0.15, 0.2) is 54.6 Å². The Balaban J connectivity index is 1.71. The van der Waals surface area contributed by atoms with Crippen LogP contribution in [0.25, 0.3) is 5.69 Å². The van der Waals surface area contributed by atoms with E-state index in [1.54, 1.807) is 10.7 Å². The summed E-state index contributed by atoms with van der Waals surface area (Å²) in [5, 5.41) is 10.7. The minimum Gasteiger partial charge on any atom is -0.340 e. The Bertz CT molecular complexity index is 1090. The number of para-hydroxylation sites is 1. The normalized spacial score (nSPS) is 17.9. The fourth-order valence-electron chi connectivity index (χ4n) is 4.20. The van der Waals surface area contributed by atoms with Crippen molar-refractivity contribution in [3.05, 3.63) is 77.0 Å². The Hall–Kier alpha value is -3.41. The van der Waals surface area contributed by atoms with E-state index in [1.807, 2.05) is 62.4 Å². The van der Waals surface area contributed by atoms with Gasteiger partial charge in [0.1, 0.15) is 11.9 Å². The smallest absolute Gasteiger partial charge is 0.251 e. The van der Waals surface area contributed by atoms with Gasteiger partial charge >= 0.3 is 0 Å². The van der Waals surface area contributed by atoms with E-state index >= 15 is 0 Å². The summed E-state index contributed by atoms with van der Waals surface area (Å²) in [7, 11) is 0. The third-order valence-corrected chi connectivity index (χ3v) is 5.57. The summed E-state index contributed by atoms with van der Waals surface area (Å²) in [6.45, 7) is 5.98. The lowest BCUT2D eigenvalue weighted by molar-refractivity contribution is -0.118. The summed E-state index contributed by atoms with van der Waals surface area (Å²) >= 11 is 0. The number of aryl methyl sites for hydroxylation is 2. The Kier molecular flexibility index (Phi) is 5.40. The third-order valence-electron chi connectivity index (χ3n) is 5.57. The number of carbonyl (C=O) groups is 2. The van der Waals surface area contributed by atoms with Gasteiger partial charge in [0.15, 0.2) is 0 Å². The van der Waals surface area contributed by atoms with Crippen molar-refractivity contribution < 1.29 is 9.59 Å². The van der Waals surface area contributed by atoms with E-state index in [-0.39, 0.29) is 17.7 Å². The molecule has 154 valence electrons. The highest BCUT2D eigenvalue weighted by Crippen LogP contribution is 2.39. The number of rotatable bonds is 5. The van der Waals surface area contributed by atoms with Gasteiger partial charge in [-0.2, -0.15) is 5.10 Å². The van der Waals surface area contributed by atoms with E-state index < -0.39 is 6.04 Å². The third kappa shape index (κ3) is 3.61. The van der Waals surface area contributed by atoms with Crippen LogP contribution in [0.1, 0.15) is 52.9 Å². The average Bonchev–Trinajstić information content (AvgIpc) is 3.07. The predicted molar refractivity (Wildman–Crippen MR) is 117 cm³/mol. The molecule has 0 saturated heterocycles. The molecule has 1 aliphatic rings.